The van der Waals surface area contributed by atoms with Crippen molar-refractivity contribution >= 4 is 52.3 Å². The third-order valence-electron chi connectivity index (χ3n) is 3.82. The van der Waals surface area contributed by atoms with Gasteiger partial charge in [-0.05, 0) is 6.26 Å². The van der Waals surface area contributed by atoms with Gasteiger partial charge in [-0.3, -0.25) is 9.78 Å². The third kappa shape index (κ3) is 4.37. The Morgan fingerprint density at radius 3 is 2.62 bits per heavy atom. The molecular formula is C16H17Cl2N5O2S. The fourth-order valence-corrected chi connectivity index (χ4v) is 3.35. The first-order valence-corrected chi connectivity index (χ1v) is 9.88. The second-order valence-electron chi connectivity index (χ2n) is 5.45. The second kappa shape index (κ2) is 8.85. The van der Waals surface area contributed by atoms with E-state index in [0.717, 1.165) is 0 Å². The molecule has 3 heterocycles. The highest BCUT2D eigenvalue weighted by molar-refractivity contribution is 7.98. The van der Waals surface area contributed by atoms with Gasteiger partial charge in [0.05, 0.1) is 41.1 Å². The Morgan fingerprint density at radius 1 is 1.27 bits per heavy atom. The number of morpholine rings is 1. The molecule has 1 aliphatic heterocycles. The van der Waals surface area contributed by atoms with Crippen LogP contribution in [0.25, 0.3) is 0 Å². The summed E-state index contributed by atoms with van der Waals surface area (Å²) in [5.74, 6) is 0.481. The average Bonchev–Trinajstić information content (AvgIpc) is 2.67. The Labute approximate surface area is 165 Å². The van der Waals surface area contributed by atoms with E-state index in [-0.39, 0.29) is 12.3 Å². The molecule has 0 spiro atoms. The summed E-state index contributed by atoms with van der Waals surface area (Å²) >= 11 is 13.6. The molecule has 1 aliphatic rings. The quantitative estimate of drug-likeness (QED) is 0.439. The molecule has 0 aromatic carbocycles. The number of pyridine rings is 1. The van der Waals surface area contributed by atoms with Crippen molar-refractivity contribution in [2.75, 3.05) is 49.3 Å². The number of halogens is 2. The first-order valence-electron chi connectivity index (χ1n) is 7.90. The molecule has 0 atom stereocenters. The maximum Gasteiger partial charge on any atom is 0.189 e. The number of rotatable bonds is 6. The van der Waals surface area contributed by atoms with Crippen LogP contribution < -0.4 is 10.2 Å². The molecule has 7 nitrogen and oxygen atoms in total. The number of hydrogen-bond acceptors (Lipinski definition) is 8. The minimum atomic E-state index is -0.150. The topological polar surface area (TPSA) is 80.2 Å². The molecule has 3 rings (SSSR count). The largest absolute Gasteiger partial charge is 0.378 e. The van der Waals surface area contributed by atoms with E-state index >= 15 is 0 Å². The lowest BCUT2D eigenvalue weighted by atomic mass is 10.1. The summed E-state index contributed by atoms with van der Waals surface area (Å²) in [6.45, 7) is 2.59. The number of carbonyl (C=O) groups excluding carboxylic acids is 1. The Hall–Kier alpha value is -1.61. The lowest BCUT2D eigenvalue weighted by molar-refractivity contribution is 0.100. The maximum atomic E-state index is 12.8. The van der Waals surface area contributed by atoms with Crippen molar-refractivity contribution in [2.24, 2.45) is 0 Å². The fourth-order valence-electron chi connectivity index (χ4n) is 2.51. The number of ether oxygens (including phenoxy) is 1. The number of hydrogen-bond donors (Lipinski definition) is 1. The van der Waals surface area contributed by atoms with Crippen LogP contribution >= 0.6 is 35.0 Å². The van der Waals surface area contributed by atoms with Crippen LogP contribution in [-0.4, -0.2) is 59.8 Å². The molecule has 138 valence electrons. The van der Waals surface area contributed by atoms with E-state index in [4.69, 9.17) is 27.9 Å². The van der Waals surface area contributed by atoms with Crippen LogP contribution in [0.5, 0.6) is 0 Å². The summed E-state index contributed by atoms with van der Waals surface area (Å²) in [5.41, 5.74) is 0.935. The molecule has 0 radical (unpaired) electrons. The van der Waals surface area contributed by atoms with Gasteiger partial charge in [0.2, 0.25) is 0 Å². The van der Waals surface area contributed by atoms with Crippen LogP contribution in [0.3, 0.4) is 0 Å². The van der Waals surface area contributed by atoms with Gasteiger partial charge in [0.15, 0.2) is 10.9 Å². The van der Waals surface area contributed by atoms with Gasteiger partial charge in [0.1, 0.15) is 5.82 Å². The van der Waals surface area contributed by atoms with Crippen molar-refractivity contribution < 1.29 is 9.53 Å². The summed E-state index contributed by atoms with van der Waals surface area (Å²) in [6.07, 6.45) is 6.41. The molecule has 2 aromatic heterocycles. The molecule has 0 amide bonds. The van der Waals surface area contributed by atoms with Crippen LogP contribution in [0.2, 0.25) is 10.0 Å². The first-order chi connectivity index (χ1) is 12.6. The molecule has 10 heteroatoms. The number of aromatic nitrogens is 3. The number of carbonyl (C=O) groups is 1. The number of Topliss-reactive ketones (excluding diaryl/α,β-unsaturated/α-hetero) is 1. The van der Waals surface area contributed by atoms with E-state index in [2.05, 4.69) is 20.3 Å². The Kier molecular flexibility index (Phi) is 6.53. The normalized spacial score (nSPS) is 14.3. The van der Waals surface area contributed by atoms with E-state index in [1.165, 1.54) is 24.2 Å². The summed E-state index contributed by atoms with van der Waals surface area (Å²) in [6, 6.07) is 0. The molecule has 0 saturated carbocycles. The van der Waals surface area contributed by atoms with Gasteiger partial charge in [0.25, 0.3) is 0 Å². The van der Waals surface area contributed by atoms with Crippen molar-refractivity contribution in [3.63, 3.8) is 0 Å². The molecule has 26 heavy (non-hydrogen) atoms. The van der Waals surface area contributed by atoms with Crippen molar-refractivity contribution in [1.29, 1.82) is 0 Å². The van der Waals surface area contributed by atoms with Crippen LogP contribution in [0.1, 0.15) is 10.4 Å². The van der Waals surface area contributed by atoms with Crippen LogP contribution in [0.15, 0.2) is 23.7 Å². The molecule has 0 bridgehead atoms. The summed E-state index contributed by atoms with van der Waals surface area (Å²) in [5, 5.41) is 4.31. The maximum absolute atomic E-state index is 12.8. The fraction of sp³-hybridized carbons (Fsp3) is 0.375. The van der Waals surface area contributed by atoms with Gasteiger partial charge < -0.3 is 15.0 Å². The van der Waals surface area contributed by atoms with Gasteiger partial charge in [-0.25, -0.2) is 9.97 Å². The molecule has 1 saturated heterocycles. The Balaban J connectivity index is 1.82. The van der Waals surface area contributed by atoms with E-state index in [1.807, 2.05) is 11.2 Å². The highest BCUT2D eigenvalue weighted by Gasteiger charge is 2.22. The van der Waals surface area contributed by atoms with Crippen LogP contribution in [0.4, 0.5) is 11.5 Å². The number of ketones is 1. The molecule has 1 N–H and O–H groups in total. The van der Waals surface area contributed by atoms with E-state index in [1.54, 1.807) is 6.20 Å². The summed E-state index contributed by atoms with van der Waals surface area (Å²) in [7, 11) is 0. The van der Waals surface area contributed by atoms with E-state index < -0.39 is 0 Å². The van der Waals surface area contributed by atoms with E-state index in [9.17, 15) is 4.79 Å². The number of nitrogens with zero attached hydrogens (tertiary/aromatic N) is 4. The molecule has 0 aliphatic carbocycles. The lowest BCUT2D eigenvalue weighted by Gasteiger charge is -2.29. The predicted molar refractivity (Wildman–Crippen MR) is 104 cm³/mol. The van der Waals surface area contributed by atoms with Gasteiger partial charge in [0, 0.05) is 31.7 Å². The average molecular weight is 414 g/mol. The predicted octanol–water partition coefficient (Wildman–Crippen LogP) is 3.03. The van der Waals surface area contributed by atoms with Crippen molar-refractivity contribution in [1.82, 2.24) is 15.0 Å². The zero-order valence-corrected chi connectivity index (χ0v) is 16.4. The smallest absolute Gasteiger partial charge is 0.189 e. The first kappa shape index (κ1) is 19.2. The van der Waals surface area contributed by atoms with Gasteiger partial charge in [-0.1, -0.05) is 35.0 Å². The minimum absolute atomic E-state index is 0.0166. The summed E-state index contributed by atoms with van der Waals surface area (Å²) in [4.78, 5) is 27.5. The van der Waals surface area contributed by atoms with Crippen molar-refractivity contribution in [3.05, 3.63) is 34.2 Å². The van der Waals surface area contributed by atoms with Gasteiger partial charge >= 0.3 is 0 Å². The molecule has 2 aromatic rings. The minimum Gasteiger partial charge on any atom is -0.378 e. The SMILES string of the molecule is CSc1ncc(C(=O)CNc2c(Cl)cncc2Cl)c(N2CCOCC2)n1. The lowest BCUT2D eigenvalue weighted by Crippen LogP contribution is -2.38. The Morgan fingerprint density at radius 2 is 1.96 bits per heavy atom. The highest BCUT2D eigenvalue weighted by Crippen LogP contribution is 2.29. The third-order valence-corrected chi connectivity index (χ3v) is 4.95. The zero-order chi connectivity index (χ0) is 18.5. The number of nitrogens with one attached hydrogen (secondary N) is 1. The summed E-state index contributed by atoms with van der Waals surface area (Å²) < 4.78 is 5.39. The van der Waals surface area contributed by atoms with Crippen molar-refractivity contribution in [2.45, 2.75) is 5.16 Å². The molecule has 1 fully saturated rings. The van der Waals surface area contributed by atoms with Crippen LogP contribution in [-0.2, 0) is 4.74 Å². The highest BCUT2D eigenvalue weighted by atomic mass is 35.5. The molecular weight excluding hydrogens is 397 g/mol. The van der Waals surface area contributed by atoms with Gasteiger partial charge in [-0.15, -0.1) is 0 Å². The van der Waals surface area contributed by atoms with Crippen molar-refractivity contribution in [3.8, 4) is 0 Å². The van der Waals surface area contributed by atoms with Crippen LogP contribution in [0, 0.1) is 0 Å². The number of anilines is 2. The molecule has 0 unspecified atom stereocenters. The van der Waals surface area contributed by atoms with Gasteiger partial charge in [-0.2, -0.15) is 0 Å². The second-order valence-corrected chi connectivity index (χ2v) is 7.04. The van der Waals surface area contributed by atoms with E-state index in [0.29, 0.717) is 58.6 Å². The zero-order valence-electron chi connectivity index (χ0n) is 14.0. The number of thioether (sulfide) groups is 1. The Bertz CT molecular complexity index is 782. The monoisotopic (exact) mass is 413 g/mol. The standard InChI is InChI=1S/C16H17Cl2N5O2S/c1-26-16-21-6-10(15(22-16)23-2-4-25-5-3-23)13(24)9-20-14-11(17)7-19-8-12(14)18/h6-8H,2-5,9H2,1H3,(H,19,20).